The fourth-order valence-corrected chi connectivity index (χ4v) is 3.87. The van der Waals surface area contributed by atoms with Crippen LogP contribution in [-0.2, 0) is 6.61 Å². The summed E-state index contributed by atoms with van der Waals surface area (Å²) in [6.45, 7) is 2.28. The maximum Gasteiger partial charge on any atom is 0.235 e. The van der Waals surface area contributed by atoms with E-state index in [0.717, 1.165) is 22.0 Å². The summed E-state index contributed by atoms with van der Waals surface area (Å²) in [5.41, 5.74) is 2.62. The molecule has 0 saturated heterocycles. The van der Waals surface area contributed by atoms with E-state index in [1.54, 1.807) is 11.6 Å². The van der Waals surface area contributed by atoms with Crippen LogP contribution in [0.2, 0.25) is 0 Å². The topological polar surface area (TPSA) is 78.8 Å². The number of ether oxygens (including phenoxy) is 2. The zero-order chi connectivity index (χ0) is 19.1. The van der Waals surface area contributed by atoms with Gasteiger partial charge in [0.15, 0.2) is 16.5 Å². The van der Waals surface area contributed by atoms with E-state index in [1.165, 1.54) is 11.3 Å². The van der Waals surface area contributed by atoms with Gasteiger partial charge in [-0.25, -0.2) is 4.98 Å². The molecule has 0 atom stereocenters. The second-order valence-corrected chi connectivity index (χ2v) is 7.17. The molecule has 0 N–H and O–H groups in total. The lowest BCUT2D eigenvalue weighted by molar-refractivity contribution is 0.283. The Morgan fingerprint density at radius 3 is 2.71 bits per heavy atom. The minimum atomic E-state index is 0.319. The number of benzene rings is 1. The predicted octanol–water partition coefficient (Wildman–Crippen LogP) is 3.40. The van der Waals surface area contributed by atoms with Crippen molar-refractivity contribution in [3.05, 3.63) is 59.4 Å². The fraction of sp³-hybridized carbons (Fsp3) is 0.158. The van der Waals surface area contributed by atoms with Gasteiger partial charge in [0.05, 0.1) is 12.8 Å². The van der Waals surface area contributed by atoms with Crippen molar-refractivity contribution in [2.75, 3.05) is 7.11 Å². The van der Waals surface area contributed by atoms with Crippen LogP contribution in [0.15, 0.2) is 48.7 Å². The lowest BCUT2D eigenvalue weighted by Crippen LogP contribution is -2.00. The summed E-state index contributed by atoms with van der Waals surface area (Å²) in [6, 6.07) is 13.4. The van der Waals surface area contributed by atoms with Gasteiger partial charge in [-0.15, -0.1) is 10.2 Å². The molecular formula is C19H16N6O2S. The van der Waals surface area contributed by atoms with Crippen LogP contribution in [0.5, 0.6) is 11.5 Å². The van der Waals surface area contributed by atoms with Crippen molar-refractivity contribution in [3.8, 4) is 23.0 Å². The average molecular weight is 392 g/mol. The Kier molecular flexibility index (Phi) is 3.94. The summed E-state index contributed by atoms with van der Waals surface area (Å²) in [5, 5.41) is 14.1. The number of rotatable bonds is 5. The molecule has 0 aliphatic rings. The second kappa shape index (κ2) is 6.61. The van der Waals surface area contributed by atoms with Crippen molar-refractivity contribution in [1.29, 1.82) is 0 Å². The largest absolute Gasteiger partial charge is 0.493 e. The highest BCUT2D eigenvalue weighted by Crippen LogP contribution is 2.28. The molecule has 0 radical (unpaired) electrons. The zero-order valence-electron chi connectivity index (χ0n) is 15.2. The average Bonchev–Trinajstić information content (AvgIpc) is 3.38. The van der Waals surface area contributed by atoms with Crippen LogP contribution in [0, 0.1) is 6.92 Å². The van der Waals surface area contributed by atoms with E-state index < -0.39 is 0 Å². The van der Waals surface area contributed by atoms with Gasteiger partial charge in [0.2, 0.25) is 10.8 Å². The lowest BCUT2D eigenvalue weighted by Gasteiger charge is -2.08. The van der Waals surface area contributed by atoms with Crippen molar-refractivity contribution in [3.63, 3.8) is 0 Å². The molecule has 5 rings (SSSR count). The van der Waals surface area contributed by atoms with Crippen LogP contribution in [0.4, 0.5) is 0 Å². The Labute approximate surface area is 164 Å². The number of nitrogens with zero attached hydrogens (tertiary/aromatic N) is 6. The van der Waals surface area contributed by atoms with Gasteiger partial charge in [0.1, 0.15) is 17.9 Å². The standard InChI is InChI=1S/C19H16N6O2S/c1-12-17(24-10-6-5-9-15(24)20-12)18-21-22-19-25(18)23-16(28-19)11-27-14-8-4-3-7-13(14)26-2/h3-10H,11H2,1-2H3. The molecule has 4 heterocycles. The third kappa shape index (κ3) is 2.67. The van der Waals surface area contributed by atoms with Crippen LogP contribution in [0.1, 0.15) is 10.7 Å². The summed E-state index contributed by atoms with van der Waals surface area (Å²) >= 11 is 1.44. The molecule has 1 aromatic carbocycles. The quantitative estimate of drug-likeness (QED) is 0.456. The van der Waals surface area contributed by atoms with Crippen LogP contribution >= 0.6 is 11.3 Å². The number of para-hydroxylation sites is 2. The Morgan fingerprint density at radius 2 is 1.86 bits per heavy atom. The highest BCUT2D eigenvalue weighted by molar-refractivity contribution is 7.16. The molecule has 0 saturated carbocycles. The smallest absolute Gasteiger partial charge is 0.235 e. The van der Waals surface area contributed by atoms with Gasteiger partial charge >= 0.3 is 0 Å². The Hall–Kier alpha value is -3.46. The number of hydrogen-bond donors (Lipinski definition) is 0. The maximum absolute atomic E-state index is 5.88. The first-order valence-corrected chi connectivity index (χ1v) is 9.47. The SMILES string of the molecule is COc1ccccc1OCc1nn2c(-c3c(C)nc4ccccn34)nnc2s1. The minimum Gasteiger partial charge on any atom is -0.493 e. The number of fused-ring (bicyclic) bond motifs is 2. The van der Waals surface area contributed by atoms with E-state index in [1.807, 2.05) is 60.0 Å². The van der Waals surface area contributed by atoms with E-state index in [-0.39, 0.29) is 0 Å². The van der Waals surface area contributed by atoms with Crippen LogP contribution < -0.4 is 9.47 Å². The van der Waals surface area contributed by atoms with Gasteiger partial charge in [0.25, 0.3) is 0 Å². The Morgan fingerprint density at radius 1 is 1.04 bits per heavy atom. The van der Waals surface area contributed by atoms with Gasteiger partial charge in [0, 0.05) is 6.20 Å². The molecule has 8 nitrogen and oxygen atoms in total. The van der Waals surface area contributed by atoms with E-state index in [0.29, 0.717) is 28.9 Å². The lowest BCUT2D eigenvalue weighted by atomic mass is 10.3. The molecule has 140 valence electrons. The fourth-order valence-electron chi connectivity index (χ4n) is 3.12. The number of methoxy groups -OCH3 is 1. The highest BCUT2D eigenvalue weighted by Gasteiger charge is 2.19. The van der Waals surface area contributed by atoms with E-state index in [2.05, 4.69) is 20.3 Å². The third-order valence-electron chi connectivity index (χ3n) is 4.37. The van der Waals surface area contributed by atoms with Crippen molar-refractivity contribution in [2.24, 2.45) is 0 Å². The first-order valence-electron chi connectivity index (χ1n) is 8.65. The zero-order valence-corrected chi connectivity index (χ0v) is 16.1. The van der Waals surface area contributed by atoms with Crippen LogP contribution in [0.3, 0.4) is 0 Å². The van der Waals surface area contributed by atoms with E-state index >= 15 is 0 Å². The van der Waals surface area contributed by atoms with Crippen molar-refractivity contribution < 1.29 is 9.47 Å². The molecule has 5 aromatic rings. The third-order valence-corrected chi connectivity index (χ3v) is 5.24. The molecule has 0 aliphatic heterocycles. The van der Waals surface area contributed by atoms with Gasteiger partial charge in [-0.05, 0) is 31.2 Å². The number of aromatic nitrogens is 6. The molecule has 0 bridgehead atoms. The second-order valence-electron chi connectivity index (χ2n) is 6.13. The molecule has 9 heteroatoms. The molecule has 0 spiro atoms. The Bertz CT molecular complexity index is 1290. The summed E-state index contributed by atoms with van der Waals surface area (Å²) in [7, 11) is 1.62. The van der Waals surface area contributed by atoms with Gasteiger partial charge in [-0.1, -0.05) is 29.5 Å². The summed E-state index contributed by atoms with van der Waals surface area (Å²) in [6.07, 6.45) is 1.96. The summed E-state index contributed by atoms with van der Waals surface area (Å²) in [4.78, 5) is 5.30. The van der Waals surface area contributed by atoms with E-state index in [4.69, 9.17) is 9.47 Å². The number of hydrogen-bond acceptors (Lipinski definition) is 7. The molecule has 0 aliphatic carbocycles. The molecule has 0 unspecified atom stereocenters. The molecule has 28 heavy (non-hydrogen) atoms. The number of aryl methyl sites for hydroxylation is 1. The first-order chi connectivity index (χ1) is 13.7. The van der Waals surface area contributed by atoms with E-state index in [9.17, 15) is 0 Å². The Balaban J connectivity index is 1.50. The molecular weight excluding hydrogens is 376 g/mol. The first kappa shape index (κ1) is 16.7. The maximum atomic E-state index is 5.88. The highest BCUT2D eigenvalue weighted by atomic mass is 32.1. The van der Waals surface area contributed by atoms with Crippen molar-refractivity contribution in [1.82, 2.24) is 29.2 Å². The molecule has 0 fully saturated rings. The van der Waals surface area contributed by atoms with Crippen molar-refractivity contribution >= 4 is 21.9 Å². The summed E-state index contributed by atoms with van der Waals surface area (Å²) < 4.78 is 14.9. The number of imidazole rings is 1. The number of pyridine rings is 1. The molecule has 4 aromatic heterocycles. The summed E-state index contributed by atoms with van der Waals surface area (Å²) in [5.74, 6) is 2.02. The van der Waals surface area contributed by atoms with Crippen LogP contribution in [0.25, 0.3) is 22.1 Å². The predicted molar refractivity (Wildman–Crippen MR) is 105 cm³/mol. The molecule has 0 amide bonds. The van der Waals surface area contributed by atoms with Gasteiger partial charge < -0.3 is 9.47 Å². The van der Waals surface area contributed by atoms with Crippen LogP contribution in [-0.4, -0.2) is 36.3 Å². The van der Waals surface area contributed by atoms with Gasteiger partial charge in [-0.3, -0.25) is 4.40 Å². The minimum absolute atomic E-state index is 0.319. The monoisotopic (exact) mass is 392 g/mol. The normalized spacial score (nSPS) is 11.4. The van der Waals surface area contributed by atoms with Gasteiger partial charge in [-0.2, -0.15) is 9.61 Å². The van der Waals surface area contributed by atoms with Crippen molar-refractivity contribution in [2.45, 2.75) is 13.5 Å².